The SMILES string of the molecule is COc1ccc(Oc2cnc(C(=O)N3CCN(c4ccc([N+](=O)[O-])nc4)C[C@@H]3CO)cc2OC)cc1. The van der Waals surface area contributed by atoms with Gasteiger partial charge in [-0.3, -0.25) is 4.79 Å². The third kappa shape index (κ3) is 5.28. The summed E-state index contributed by atoms with van der Waals surface area (Å²) in [6.45, 7) is 0.836. The number of ether oxygens (including phenoxy) is 3. The number of methoxy groups -OCH3 is 2. The lowest BCUT2D eigenvalue weighted by Gasteiger charge is -2.41. The second-order valence-corrected chi connectivity index (χ2v) is 7.91. The van der Waals surface area contributed by atoms with Crippen molar-refractivity contribution in [2.75, 3.05) is 45.4 Å². The Bertz CT molecular complexity index is 1220. The van der Waals surface area contributed by atoms with Gasteiger partial charge in [0.2, 0.25) is 0 Å². The van der Waals surface area contributed by atoms with Gasteiger partial charge < -0.3 is 39.2 Å². The van der Waals surface area contributed by atoms with Gasteiger partial charge in [0, 0.05) is 31.8 Å². The van der Waals surface area contributed by atoms with Gasteiger partial charge in [-0.05, 0) is 40.2 Å². The fraction of sp³-hybridized carbons (Fsp3) is 0.292. The predicted molar refractivity (Wildman–Crippen MR) is 129 cm³/mol. The second kappa shape index (κ2) is 10.9. The number of nitro groups is 1. The molecule has 2 aromatic heterocycles. The summed E-state index contributed by atoms with van der Waals surface area (Å²) in [5.41, 5.74) is 0.823. The topological polar surface area (TPSA) is 140 Å². The zero-order chi connectivity index (χ0) is 25.7. The maximum atomic E-state index is 13.3. The van der Waals surface area contributed by atoms with E-state index in [0.717, 1.165) is 0 Å². The van der Waals surface area contributed by atoms with E-state index in [2.05, 4.69) is 9.97 Å². The number of carbonyl (C=O) groups excluding carboxylic acids is 1. The highest BCUT2D eigenvalue weighted by Gasteiger charge is 2.32. The third-order valence-electron chi connectivity index (χ3n) is 5.80. The average molecular weight is 495 g/mol. The Morgan fingerprint density at radius 1 is 1.06 bits per heavy atom. The van der Waals surface area contributed by atoms with E-state index in [1.165, 1.54) is 31.6 Å². The van der Waals surface area contributed by atoms with Crippen LogP contribution in [0, 0.1) is 10.1 Å². The van der Waals surface area contributed by atoms with Gasteiger partial charge in [0.05, 0.1) is 38.8 Å². The van der Waals surface area contributed by atoms with Gasteiger partial charge in [-0.1, -0.05) is 0 Å². The molecule has 12 nitrogen and oxygen atoms in total. The molecule has 4 rings (SSSR count). The Hall–Kier alpha value is -4.45. The highest BCUT2D eigenvalue weighted by molar-refractivity contribution is 5.93. The van der Waals surface area contributed by atoms with E-state index in [-0.39, 0.29) is 24.0 Å². The highest BCUT2D eigenvalue weighted by Crippen LogP contribution is 2.32. The molecule has 1 N–H and O–H groups in total. The number of anilines is 1. The van der Waals surface area contributed by atoms with Crippen molar-refractivity contribution in [2.24, 2.45) is 0 Å². The van der Waals surface area contributed by atoms with E-state index >= 15 is 0 Å². The Morgan fingerprint density at radius 3 is 2.42 bits per heavy atom. The molecule has 0 radical (unpaired) electrons. The Labute approximate surface area is 206 Å². The van der Waals surface area contributed by atoms with Crippen LogP contribution in [0.2, 0.25) is 0 Å². The van der Waals surface area contributed by atoms with Crippen molar-refractivity contribution in [1.82, 2.24) is 14.9 Å². The number of aliphatic hydroxyl groups excluding tert-OH is 1. The number of piperazine rings is 1. The summed E-state index contributed by atoms with van der Waals surface area (Å²) in [6.07, 6.45) is 2.83. The minimum absolute atomic E-state index is 0.151. The lowest BCUT2D eigenvalue weighted by Crippen LogP contribution is -2.57. The summed E-state index contributed by atoms with van der Waals surface area (Å²) in [6, 6.07) is 10.9. The Balaban J connectivity index is 1.47. The van der Waals surface area contributed by atoms with E-state index in [0.29, 0.717) is 48.3 Å². The van der Waals surface area contributed by atoms with Crippen LogP contribution in [0.15, 0.2) is 54.9 Å². The second-order valence-electron chi connectivity index (χ2n) is 7.91. The van der Waals surface area contributed by atoms with Gasteiger partial charge in [-0.15, -0.1) is 0 Å². The van der Waals surface area contributed by atoms with E-state index in [4.69, 9.17) is 14.2 Å². The molecule has 0 saturated carbocycles. The van der Waals surface area contributed by atoms with Crippen molar-refractivity contribution in [3.05, 3.63) is 70.7 Å². The van der Waals surface area contributed by atoms with Crippen LogP contribution < -0.4 is 19.1 Å². The normalized spacial score (nSPS) is 15.4. The molecule has 0 unspecified atom stereocenters. The number of aliphatic hydroxyl groups is 1. The van der Waals surface area contributed by atoms with E-state index in [9.17, 15) is 20.0 Å². The van der Waals surface area contributed by atoms with Gasteiger partial charge in [-0.2, -0.15) is 0 Å². The number of carbonyl (C=O) groups is 1. The lowest BCUT2D eigenvalue weighted by molar-refractivity contribution is -0.389. The highest BCUT2D eigenvalue weighted by atomic mass is 16.6. The van der Waals surface area contributed by atoms with Crippen molar-refractivity contribution in [1.29, 1.82) is 0 Å². The number of hydrogen-bond acceptors (Lipinski definition) is 10. The molecule has 12 heteroatoms. The minimum atomic E-state index is -0.564. The van der Waals surface area contributed by atoms with E-state index in [1.807, 2.05) is 4.90 Å². The van der Waals surface area contributed by atoms with E-state index in [1.54, 1.807) is 42.3 Å². The van der Waals surface area contributed by atoms with Crippen LogP contribution >= 0.6 is 0 Å². The molecule has 1 saturated heterocycles. The number of nitrogens with zero attached hydrogens (tertiary/aromatic N) is 5. The molecule has 188 valence electrons. The molecular weight excluding hydrogens is 470 g/mol. The lowest BCUT2D eigenvalue weighted by atomic mass is 10.1. The minimum Gasteiger partial charge on any atom is -0.497 e. The first-order valence-electron chi connectivity index (χ1n) is 11.1. The molecule has 3 heterocycles. The molecule has 1 aliphatic rings. The van der Waals surface area contributed by atoms with Gasteiger partial charge in [-0.25, -0.2) is 4.98 Å². The smallest absolute Gasteiger partial charge is 0.363 e. The summed E-state index contributed by atoms with van der Waals surface area (Å²) < 4.78 is 16.4. The van der Waals surface area contributed by atoms with Crippen molar-refractivity contribution in [3.8, 4) is 23.0 Å². The molecule has 0 bridgehead atoms. The van der Waals surface area contributed by atoms with Crippen molar-refractivity contribution < 1.29 is 29.0 Å². The van der Waals surface area contributed by atoms with Crippen LogP contribution in [0.5, 0.6) is 23.0 Å². The molecule has 0 aliphatic carbocycles. The predicted octanol–water partition coefficient (Wildman–Crippen LogP) is 2.52. The van der Waals surface area contributed by atoms with Crippen LogP contribution in [0.4, 0.5) is 11.5 Å². The molecule has 1 aliphatic heterocycles. The fourth-order valence-electron chi connectivity index (χ4n) is 3.88. The molecule has 3 aromatic rings. The van der Waals surface area contributed by atoms with Gasteiger partial charge >= 0.3 is 5.82 Å². The summed E-state index contributed by atoms with van der Waals surface area (Å²) in [5.74, 6) is 1.31. The maximum Gasteiger partial charge on any atom is 0.363 e. The molecular formula is C24H25N5O7. The number of rotatable bonds is 8. The largest absolute Gasteiger partial charge is 0.497 e. The van der Waals surface area contributed by atoms with Crippen molar-refractivity contribution in [3.63, 3.8) is 0 Å². The zero-order valence-electron chi connectivity index (χ0n) is 19.7. The number of pyridine rings is 2. The summed E-state index contributed by atoms with van der Waals surface area (Å²) in [4.78, 5) is 35.2. The molecule has 36 heavy (non-hydrogen) atoms. The molecule has 1 aromatic carbocycles. The van der Waals surface area contributed by atoms with Gasteiger partial charge in [0.1, 0.15) is 17.2 Å². The number of amides is 1. The maximum absolute atomic E-state index is 13.3. The van der Waals surface area contributed by atoms with Crippen LogP contribution in [-0.4, -0.2) is 77.3 Å². The van der Waals surface area contributed by atoms with Crippen LogP contribution in [0.25, 0.3) is 0 Å². The molecule has 0 spiro atoms. The Kier molecular flexibility index (Phi) is 7.44. The van der Waals surface area contributed by atoms with Crippen molar-refractivity contribution in [2.45, 2.75) is 6.04 Å². The summed E-state index contributed by atoms with van der Waals surface area (Å²) >= 11 is 0. The standard InChI is InChI=1S/C24H25N5O7/c1-34-18-4-6-19(7-5-18)36-22-13-25-20(11-21(22)35-2)24(31)28-10-9-27(14-17(28)15-30)16-3-8-23(26-12-16)29(32)33/h3-8,11-13,17,30H,9-10,14-15H2,1-2H3/t17-/m1/s1. The van der Waals surface area contributed by atoms with Crippen LogP contribution in [0.1, 0.15) is 10.5 Å². The van der Waals surface area contributed by atoms with Crippen LogP contribution in [-0.2, 0) is 0 Å². The number of aromatic nitrogens is 2. The third-order valence-corrected chi connectivity index (χ3v) is 5.80. The molecule has 1 amide bonds. The molecule has 1 atom stereocenters. The summed E-state index contributed by atoms with van der Waals surface area (Å²) in [7, 11) is 3.05. The first kappa shape index (κ1) is 24.7. The first-order chi connectivity index (χ1) is 17.4. The van der Waals surface area contributed by atoms with E-state index < -0.39 is 11.0 Å². The zero-order valence-corrected chi connectivity index (χ0v) is 19.7. The summed E-state index contributed by atoms with van der Waals surface area (Å²) in [5, 5.41) is 20.8. The van der Waals surface area contributed by atoms with Gasteiger partial charge in [0.15, 0.2) is 17.7 Å². The fourth-order valence-corrected chi connectivity index (χ4v) is 3.88. The Morgan fingerprint density at radius 2 is 1.81 bits per heavy atom. The van der Waals surface area contributed by atoms with Gasteiger partial charge in [0.25, 0.3) is 5.91 Å². The number of benzene rings is 1. The number of hydrogen-bond donors (Lipinski definition) is 1. The molecule has 1 fully saturated rings. The quantitative estimate of drug-likeness (QED) is 0.366. The monoisotopic (exact) mass is 495 g/mol. The first-order valence-corrected chi connectivity index (χ1v) is 11.1. The average Bonchev–Trinajstić information content (AvgIpc) is 2.93. The van der Waals surface area contributed by atoms with Crippen LogP contribution in [0.3, 0.4) is 0 Å². The van der Waals surface area contributed by atoms with Crippen molar-refractivity contribution >= 4 is 17.4 Å².